The summed E-state index contributed by atoms with van der Waals surface area (Å²) in [5.41, 5.74) is 0.301. The summed E-state index contributed by atoms with van der Waals surface area (Å²) in [4.78, 5) is 11.0. The van der Waals surface area contributed by atoms with E-state index in [1.807, 2.05) is 0 Å². The van der Waals surface area contributed by atoms with Crippen LogP contribution in [0.25, 0.3) is 0 Å². The Morgan fingerprint density at radius 1 is 1.44 bits per heavy atom. The molecule has 1 heterocycles. The number of aromatic carboxylic acids is 1. The Kier molecular flexibility index (Phi) is 3.54. The fraction of sp³-hybridized carbons (Fsp3) is 0.583. The number of aromatic nitrogens is 1. The SMILES string of the molecule is O=C(O)c1cc(Cl)cn1CC1CCCCC1. The highest BCUT2D eigenvalue weighted by Gasteiger charge is 2.18. The summed E-state index contributed by atoms with van der Waals surface area (Å²) in [6.07, 6.45) is 7.97. The molecule has 4 heteroatoms. The molecule has 1 aromatic rings. The van der Waals surface area contributed by atoms with Crippen LogP contribution in [0.4, 0.5) is 0 Å². The van der Waals surface area contributed by atoms with Gasteiger partial charge >= 0.3 is 5.97 Å². The minimum atomic E-state index is -0.900. The fourth-order valence-electron chi connectivity index (χ4n) is 2.45. The molecule has 0 aromatic carbocycles. The Morgan fingerprint density at radius 2 is 2.12 bits per heavy atom. The molecule has 0 spiro atoms. The van der Waals surface area contributed by atoms with Crippen LogP contribution in [0.5, 0.6) is 0 Å². The van der Waals surface area contributed by atoms with Crippen LogP contribution in [0.15, 0.2) is 12.3 Å². The molecule has 1 saturated carbocycles. The monoisotopic (exact) mass is 241 g/mol. The Balaban J connectivity index is 2.10. The molecule has 1 fully saturated rings. The Hall–Kier alpha value is -0.960. The van der Waals surface area contributed by atoms with Crippen molar-refractivity contribution in [3.8, 4) is 0 Å². The van der Waals surface area contributed by atoms with E-state index in [4.69, 9.17) is 16.7 Å². The van der Waals surface area contributed by atoms with E-state index >= 15 is 0 Å². The van der Waals surface area contributed by atoms with E-state index in [2.05, 4.69) is 0 Å². The smallest absolute Gasteiger partial charge is 0.352 e. The predicted molar refractivity (Wildman–Crippen MR) is 63.0 cm³/mol. The number of halogens is 1. The van der Waals surface area contributed by atoms with Crippen molar-refractivity contribution in [2.75, 3.05) is 0 Å². The topological polar surface area (TPSA) is 42.2 Å². The molecular formula is C12H16ClNO2. The molecule has 1 aliphatic rings. The van der Waals surface area contributed by atoms with Gasteiger partial charge in [0.2, 0.25) is 0 Å². The first-order valence-electron chi connectivity index (χ1n) is 5.76. The van der Waals surface area contributed by atoms with Gasteiger partial charge in [0.05, 0.1) is 5.02 Å². The standard InChI is InChI=1S/C12H16ClNO2/c13-10-6-11(12(15)16)14(8-10)7-9-4-2-1-3-5-9/h6,8-9H,1-5,7H2,(H,15,16). The van der Waals surface area contributed by atoms with Crippen molar-refractivity contribution in [3.05, 3.63) is 23.0 Å². The van der Waals surface area contributed by atoms with Gasteiger partial charge in [0.25, 0.3) is 0 Å². The number of carbonyl (C=O) groups is 1. The molecule has 1 N–H and O–H groups in total. The van der Waals surface area contributed by atoms with Crippen LogP contribution in [0.1, 0.15) is 42.6 Å². The van der Waals surface area contributed by atoms with Crippen molar-refractivity contribution < 1.29 is 9.90 Å². The van der Waals surface area contributed by atoms with Gasteiger partial charge in [-0.1, -0.05) is 30.9 Å². The molecule has 0 bridgehead atoms. The summed E-state index contributed by atoms with van der Waals surface area (Å²) in [5, 5.41) is 9.54. The van der Waals surface area contributed by atoms with Crippen LogP contribution in [-0.4, -0.2) is 15.6 Å². The Morgan fingerprint density at radius 3 is 2.75 bits per heavy atom. The molecule has 1 aromatic heterocycles. The van der Waals surface area contributed by atoms with Crippen molar-refractivity contribution in [1.82, 2.24) is 4.57 Å². The zero-order valence-electron chi connectivity index (χ0n) is 9.16. The minimum absolute atomic E-state index is 0.301. The van der Waals surface area contributed by atoms with E-state index in [-0.39, 0.29) is 0 Å². The lowest BCUT2D eigenvalue weighted by atomic mass is 9.89. The highest BCUT2D eigenvalue weighted by molar-refractivity contribution is 6.30. The zero-order chi connectivity index (χ0) is 11.5. The summed E-state index contributed by atoms with van der Waals surface area (Å²) in [7, 11) is 0. The van der Waals surface area contributed by atoms with Gasteiger partial charge in [0, 0.05) is 12.7 Å². The predicted octanol–water partition coefficient (Wildman–Crippen LogP) is 3.42. The van der Waals surface area contributed by atoms with E-state index in [1.54, 1.807) is 10.8 Å². The number of hydrogen-bond donors (Lipinski definition) is 1. The molecule has 0 saturated heterocycles. The van der Waals surface area contributed by atoms with Crippen LogP contribution in [0.3, 0.4) is 0 Å². The number of carboxylic acids is 1. The third-order valence-corrected chi connectivity index (χ3v) is 3.47. The lowest BCUT2D eigenvalue weighted by molar-refractivity contribution is 0.0683. The summed E-state index contributed by atoms with van der Waals surface area (Å²) in [6.45, 7) is 0.786. The highest BCUT2D eigenvalue weighted by atomic mass is 35.5. The molecule has 3 nitrogen and oxygen atoms in total. The maximum absolute atomic E-state index is 11.0. The Labute approximate surface area is 100 Å². The lowest BCUT2D eigenvalue weighted by Crippen LogP contribution is -2.16. The van der Waals surface area contributed by atoms with Crippen molar-refractivity contribution in [3.63, 3.8) is 0 Å². The summed E-state index contributed by atoms with van der Waals surface area (Å²) in [6, 6.07) is 1.52. The average molecular weight is 242 g/mol. The number of hydrogen-bond acceptors (Lipinski definition) is 1. The average Bonchev–Trinajstić information content (AvgIpc) is 2.61. The van der Waals surface area contributed by atoms with Crippen LogP contribution in [0.2, 0.25) is 5.02 Å². The van der Waals surface area contributed by atoms with Gasteiger partial charge in [-0.15, -0.1) is 0 Å². The van der Waals surface area contributed by atoms with Gasteiger partial charge in [0.15, 0.2) is 0 Å². The molecule has 0 atom stereocenters. The van der Waals surface area contributed by atoms with Gasteiger partial charge in [-0.3, -0.25) is 0 Å². The van der Waals surface area contributed by atoms with Gasteiger partial charge in [-0.2, -0.15) is 0 Å². The van der Waals surface area contributed by atoms with Gasteiger partial charge in [-0.25, -0.2) is 4.79 Å². The quantitative estimate of drug-likeness (QED) is 0.881. The van der Waals surface area contributed by atoms with Crippen molar-refractivity contribution in [2.45, 2.75) is 38.6 Å². The molecule has 2 rings (SSSR count). The number of rotatable bonds is 3. The molecular weight excluding hydrogens is 226 g/mol. The molecule has 1 aliphatic carbocycles. The molecule has 16 heavy (non-hydrogen) atoms. The second kappa shape index (κ2) is 4.91. The van der Waals surface area contributed by atoms with Gasteiger partial charge < -0.3 is 9.67 Å². The number of carboxylic acid groups (broad SMARTS) is 1. The second-order valence-corrected chi connectivity index (χ2v) is 4.94. The van der Waals surface area contributed by atoms with E-state index in [0.717, 1.165) is 6.54 Å². The van der Waals surface area contributed by atoms with Crippen LogP contribution in [-0.2, 0) is 6.54 Å². The summed E-state index contributed by atoms with van der Waals surface area (Å²) >= 11 is 5.84. The number of nitrogens with zero attached hydrogens (tertiary/aromatic N) is 1. The zero-order valence-corrected chi connectivity index (χ0v) is 9.91. The van der Waals surface area contributed by atoms with Gasteiger partial charge in [-0.05, 0) is 24.8 Å². The van der Waals surface area contributed by atoms with Crippen molar-refractivity contribution in [1.29, 1.82) is 0 Å². The molecule has 88 valence electrons. The third kappa shape index (κ3) is 2.59. The molecule has 0 aliphatic heterocycles. The molecule has 0 amide bonds. The first-order valence-corrected chi connectivity index (χ1v) is 6.13. The van der Waals surface area contributed by atoms with E-state index < -0.39 is 5.97 Å². The summed E-state index contributed by atoms with van der Waals surface area (Å²) in [5.74, 6) is -0.293. The van der Waals surface area contributed by atoms with E-state index in [0.29, 0.717) is 16.6 Å². The lowest BCUT2D eigenvalue weighted by Gasteiger charge is -2.22. The Bertz CT molecular complexity index is 380. The second-order valence-electron chi connectivity index (χ2n) is 4.51. The van der Waals surface area contributed by atoms with Gasteiger partial charge in [0.1, 0.15) is 5.69 Å². The maximum Gasteiger partial charge on any atom is 0.352 e. The molecule has 0 unspecified atom stereocenters. The minimum Gasteiger partial charge on any atom is -0.477 e. The summed E-state index contributed by atoms with van der Waals surface area (Å²) < 4.78 is 1.78. The van der Waals surface area contributed by atoms with E-state index in [9.17, 15) is 4.79 Å². The molecule has 0 radical (unpaired) electrons. The van der Waals surface area contributed by atoms with Crippen molar-refractivity contribution in [2.24, 2.45) is 5.92 Å². The van der Waals surface area contributed by atoms with Crippen LogP contribution in [0, 0.1) is 5.92 Å². The van der Waals surface area contributed by atoms with Crippen molar-refractivity contribution >= 4 is 17.6 Å². The van der Waals surface area contributed by atoms with Crippen LogP contribution < -0.4 is 0 Å². The fourth-order valence-corrected chi connectivity index (χ4v) is 2.67. The van der Waals surface area contributed by atoms with Crippen LogP contribution >= 0.6 is 11.6 Å². The van der Waals surface area contributed by atoms with E-state index in [1.165, 1.54) is 38.2 Å². The largest absolute Gasteiger partial charge is 0.477 e. The maximum atomic E-state index is 11.0. The normalized spacial score (nSPS) is 17.6. The first kappa shape index (κ1) is 11.5. The third-order valence-electron chi connectivity index (χ3n) is 3.26. The highest BCUT2D eigenvalue weighted by Crippen LogP contribution is 2.26. The first-order chi connectivity index (χ1) is 7.66.